The van der Waals surface area contributed by atoms with E-state index in [1.54, 1.807) is 0 Å². The van der Waals surface area contributed by atoms with Crippen LogP contribution in [0, 0.1) is 6.92 Å². The molecule has 1 amide bonds. The van der Waals surface area contributed by atoms with Gasteiger partial charge in [-0.15, -0.1) is 0 Å². The Balaban J connectivity index is 1.72. The van der Waals surface area contributed by atoms with Gasteiger partial charge in [0.2, 0.25) is 5.91 Å². The number of carbonyl (C=O) groups is 1. The van der Waals surface area contributed by atoms with E-state index in [0.29, 0.717) is 18.5 Å². The van der Waals surface area contributed by atoms with Gasteiger partial charge in [-0.2, -0.15) is 0 Å². The van der Waals surface area contributed by atoms with E-state index in [9.17, 15) is 4.79 Å². The molecule has 0 aliphatic carbocycles. The predicted molar refractivity (Wildman–Crippen MR) is 86.7 cm³/mol. The summed E-state index contributed by atoms with van der Waals surface area (Å²) in [6.07, 6.45) is 5.87. The summed E-state index contributed by atoms with van der Waals surface area (Å²) in [6.45, 7) is 6.81. The highest BCUT2D eigenvalue weighted by atomic mass is 16.2. The lowest BCUT2D eigenvalue weighted by atomic mass is 9.99. The van der Waals surface area contributed by atoms with E-state index in [-0.39, 0.29) is 0 Å². The number of aryl methyl sites for hydroxylation is 2. The first-order valence-electron chi connectivity index (χ1n) is 8.29. The first kappa shape index (κ1) is 14.4. The second kappa shape index (κ2) is 6.08. The third-order valence-electron chi connectivity index (χ3n) is 4.90. The van der Waals surface area contributed by atoms with Gasteiger partial charge in [0.1, 0.15) is 0 Å². The molecule has 1 aromatic rings. The lowest BCUT2D eigenvalue weighted by Crippen LogP contribution is -2.47. The Labute approximate surface area is 127 Å². The smallest absolute Gasteiger partial charge is 0.242 e. The maximum atomic E-state index is 12.6. The summed E-state index contributed by atoms with van der Waals surface area (Å²) in [5, 5.41) is 0. The molecule has 1 aromatic carbocycles. The number of rotatable bonds is 2. The highest BCUT2D eigenvalue weighted by molar-refractivity contribution is 5.82. The van der Waals surface area contributed by atoms with Crippen molar-refractivity contribution in [1.29, 1.82) is 0 Å². The number of hydrogen-bond donors (Lipinski definition) is 0. The van der Waals surface area contributed by atoms with Gasteiger partial charge in [-0.3, -0.25) is 4.79 Å². The van der Waals surface area contributed by atoms with Crippen molar-refractivity contribution in [3.05, 3.63) is 29.3 Å². The lowest BCUT2D eigenvalue weighted by Gasteiger charge is -2.37. The largest absolute Gasteiger partial charge is 0.362 e. The normalized spacial score (nSPS) is 22.1. The highest BCUT2D eigenvalue weighted by Crippen LogP contribution is 2.28. The zero-order valence-corrected chi connectivity index (χ0v) is 13.3. The van der Waals surface area contributed by atoms with Crippen LogP contribution in [-0.2, 0) is 11.2 Å². The SMILES string of the molecule is Cc1ccc2c(c1)CCCN2CC(=O)N1CCCCC1C. The van der Waals surface area contributed by atoms with E-state index >= 15 is 0 Å². The zero-order chi connectivity index (χ0) is 14.8. The number of fused-ring (bicyclic) bond motifs is 1. The summed E-state index contributed by atoms with van der Waals surface area (Å²) >= 11 is 0. The summed E-state index contributed by atoms with van der Waals surface area (Å²) in [7, 11) is 0. The molecule has 0 radical (unpaired) electrons. The van der Waals surface area contributed by atoms with Crippen LogP contribution in [0.3, 0.4) is 0 Å². The van der Waals surface area contributed by atoms with Gasteiger partial charge in [0.25, 0.3) is 0 Å². The number of carbonyl (C=O) groups excluding carboxylic acids is 1. The molecule has 2 aliphatic rings. The van der Waals surface area contributed by atoms with Crippen LogP contribution in [0.15, 0.2) is 18.2 Å². The van der Waals surface area contributed by atoms with Crippen LogP contribution in [0.5, 0.6) is 0 Å². The van der Waals surface area contributed by atoms with Crippen LogP contribution < -0.4 is 4.90 Å². The van der Waals surface area contributed by atoms with Gasteiger partial charge in [0, 0.05) is 24.8 Å². The Hall–Kier alpha value is -1.51. The van der Waals surface area contributed by atoms with Crippen LogP contribution in [-0.4, -0.2) is 36.5 Å². The van der Waals surface area contributed by atoms with E-state index in [2.05, 4.69) is 41.8 Å². The van der Waals surface area contributed by atoms with Crippen molar-refractivity contribution in [1.82, 2.24) is 4.90 Å². The molecular formula is C18H26N2O. The van der Waals surface area contributed by atoms with E-state index in [4.69, 9.17) is 0 Å². The van der Waals surface area contributed by atoms with Gasteiger partial charge >= 0.3 is 0 Å². The predicted octanol–water partition coefficient (Wildman–Crippen LogP) is 3.15. The molecule has 1 unspecified atom stereocenters. The van der Waals surface area contributed by atoms with Gasteiger partial charge in [-0.05, 0) is 57.6 Å². The number of hydrogen-bond acceptors (Lipinski definition) is 2. The summed E-state index contributed by atoms with van der Waals surface area (Å²) in [5.41, 5.74) is 3.98. The minimum absolute atomic E-state index is 0.302. The maximum Gasteiger partial charge on any atom is 0.242 e. The van der Waals surface area contributed by atoms with Gasteiger partial charge < -0.3 is 9.80 Å². The molecule has 0 bridgehead atoms. The standard InChI is InChI=1S/C18H26N2O/c1-14-8-9-17-16(12-14)7-5-10-19(17)13-18(21)20-11-4-3-6-15(20)2/h8-9,12,15H,3-7,10-11,13H2,1-2H3. The van der Waals surface area contributed by atoms with Gasteiger partial charge in [-0.1, -0.05) is 17.7 Å². The molecule has 21 heavy (non-hydrogen) atoms. The summed E-state index contributed by atoms with van der Waals surface area (Å²) in [5.74, 6) is 0.302. The first-order valence-corrected chi connectivity index (χ1v) is 8.29. The highest BCUT2D eigenvalue weighted by Gasteiger charge is 2.26. The van der Waals surface area contributed by atoms with Crippen LogP contribution in [0.1, 0.15) is 43.7 Å². The molecule has 1 saturated heterocycles. The molecule has 0 aromatic heterocycles. The number of benzene rings is 1. The first-order chi connectivity index (χ1) is 10.1. The molecule has 3 heteroatoms. The van der Waals surface area contributed by atoms with Gasteiger partial charge in [-0.25, -0.2) is 0 Å². The molecule has 2 aliphatic heterocycles. The van der Waals surface area contributed by atoms with Crippen LogP contribution in [0.25, 0.3) is 0 Å². The number of likely N-dealkylation sites (tertiary alicyclic amines) is 1. The van der Waals surface area contributed by atoms with Crippen molar-refractivity contribution in [2.45, 2.75) is 52.0 Å². The number of nitrogens with zero attached hydrogens (tertiary/aromatic N) is 2. The van der Waals surface area contributed by atoms with Crippen LogP contribution in [0.4, 0.5) is 5.69 Å². The molecule has 1 atom stereocenters. The molecule has 0 N–H and O–H groups in total. The van der Waals surface area contributed by atoms with Crippen LogP contribution >= 0.6 is 0 Å². The monoisotopic (exact) mass is 286 g/mol. The van der Waals surface area contributed by atoms with Crippen molar-refractivity contribution in [2.24, 2.45) is 0 Å². The third-order valence-corrected chi connectivity index (χ3v) is 4.90. The average molecular weight is 286 g/mol. The van der Waals surface area contributed by atoms with E-state index in [1.165, 1.54) is 23.2 Å². The second-order valence-electron chi connectivity index (χ2n) is 6.59. The van der Waals surface area contributed by atoms with Crippen molar-refractivity contribution >= 4 is 11.6 Å². The molecule has 0 spiro atoms. The topological polar surface area (TPSA) is 23.6 Å². The van der Waals surface area contributed by atoms with Crippen LogP contribution in [0.2, 0.25) is 0 Å². The number of anilines is 1. The summed E-state index contributed by atoms with van der Waals surface area (Å²) in [4.78, 5) is 17.0. The van der Waals surface area contributed by atoms with E-state index in [1.807, 2.05) is 0 Å². The molecule has 1 fully saturated rings. The molecular weight excluding hydrogens is 260 g/mol. The van der Waals surface area contributed by atoms with Crippen molar-refractivity contribution in [3.8, 4) is 0 Å². The Morgan fingerprint density at radius 3 is 2.90 bits per heavy atom. The molecule has 3 nitrogen and oxygen atoms in total. The Kier molecular flexibility index (Phi) is 4.18. The molecule has 3 rings (SSSR count). The fourth-order valence-corrected chi connectivity index (χ4v) is 3.69. The van der Waals surface area contributed by atoms with Crippen molar-refractivity contribution in [3.63, 3.8) is 0 Å². The third kappa shape index (κ3) is 3.07. The van der Waals surface area contributed by atoms with Gasteiger partial charge in [0.15, 0.2) is 0 Å². The number of amides is 1. The van der Waals surface area contributed by atoms with Crippen molar-refractivity contribution in [2.75, 3.05) is 24.5 Å². The Morgan fingerprint density at radius 2 is 2.10 bits per heavy atom. The summed E-state index contributed by atoms with van der Waals surface area (Å²) < 4.78 is 0. The fraction of sp³-hybridized carbons (Fsp3) is 0.611. The molecule has 0 saturated carbocycles. The molecule has 2 heterocycles. The van der Waals surface area contributed by atoms with Gasteiger partial charge in [0.05, 0.1) is 6.54 Å². The van der Waals surface area contributed by atoms with E-state index in [0.717, 1.165) is 38.8 Å². The van der Waals surface area contributed by atoms with E-state index < -0.39 is 0 Å². The Bertz CT molecular complexity index is 526. The lowest BCUT2D eigenvalue weighted by molar-refractivity contribution is -0.132. The average Bonchev–Trinajstić information content (AvgIpc) is 2.47. The zero-order valence-electron chi connectivity index (χ0n) is 13.3. The van der Waals surface area contributed by atoms with Crippen molar-refractivity contribution < 1.29 is 4.79 Å². The Morgan fingerprint density at radius 1 is 1.24 bits per heavy atom. The summed E-state index contributed by atoms with van der Waals surface area (Å²) in [6, 6.07) is 7.03. The fourth-order valence-electron chi connectivity index (χ4n) is 3.69. The second-order valence-corrected chi connectivity index (χ2v) is 6.59. The quantitative estimate of drug-likeness (QED) is 0.834. The molecule has 114 valence electrons. The minimum atomic E-state index is 0.302. The minimum Gasteiger partial charge on any atom is -0.362 e. The maximum absolute atomic E-state index is 12.6. The number of piperidine rings is 1.